The van der Waals surface area contributed by atoms with Gasteiger partial charge in [0.15, 0.2) is 0 Å². The van der Waals surface area contributed by atoms with E-state index in [-0.39, 0.29) is 5.82 Å². The zero-order valence-electron chi connectivity index (χ0n) is 24.2. The summed E-state index contributed by atoms with van der Waals surface area (Å²) < 4.78 is 19.2. The largest absolute Gasteiger partial charge is 0.309 e. The van der Waals surface area contributed by atoms with E-state index in [1.807, 2.05) is 53.0 Å². The molecule has 0 N–H and O–H groups in total. The number of halogens is 1. The number of nitrogens with zero attached hydrogens (tertiary/aromatic N) is 3. The van der Waals surface area contributed by atoms with E-state index in [4.69, 9.17) is 5.10 Å². The van der Waals surface area contributed by atoms with Crippen LogP contribution in [0.25, 0.3) is 77.4 Å². The van der Waals surface area contributed by atoms with Gasteiger partial charge in [-0.05, 0) is 59.5 Å². The van der Waals surface area contributed by atoms with Gasteiger partial charge in [0.25, 0.3) is 0 Å². The summed E-state index contributed by atoms with van der Waals surface area (Å²) in [6, 6.07) is 53.4. The van der Waals surface area contributed by atoms with Crippen molar-refractivity contribution in [2.75, 3.05) is 0 Å². The van der Waals surface area contributed by atoms with Gasteiger partial charge in [-0.15, -0.1) is 0 Å². The number of rotatable bonds is 4. The summed E-state index contributed by atoms with van der Waals surface area (Å²) in [7, 11) is 0. The van der Waals surface area contributed by atoms with E-state index >= 15 is 0 Å². The molecular weight excluding hydrogens is 553 g/mol. The number of hydrogen-bond acceptors (Lipinski definition) is 1. The van der Waals surface area contributed by atoms with Crippen molar-refractivity contribution >= 4 is 38.1 Å². The second kappa shape index (κ2) is 10.0. The van der Waals surface area contributed by atoms with Crippen LogP contribution in [0.1, 0.15) is 0 Å². The van der Waals surface area contributed by atoms with E-state index in [2.05, 4.69) is 102 Å². The molecule has 212 valence electrons. The van der Waals surface area contributed by atoms with Crippen LogP contribution in [0.5, 0.6) is 0 Å². The highest BCUT2D eigenvalue weighted by atomic mass is 19.1. The molecule has 0 aliphatic heterocycles. The monoisotopic (exact) mass is 579 g/mol. The Morgan fingerprint density at radius 3 is 1.93 bits per heavy atom. The predicted octanol–water partition coefficient (Wildman–Crippen LogP) is 10.7. The maximum Gasteiger partial charge on any atom is 0.123 e. The summed E-state index contributed by atoms with van der Waals surface area (Å²) in [5.41, 5.74) is 10.2. The lowest BCUT2D eigenvalue weighted by molar-refractivity contribution is 0.630. The van der Waals surface area contributed by atoms with Crippen molar-refractivity contribution in [2.24, 2.45) is 0 Å². The van der Waals surface area contributed by atoms with Crippen LogP contribution in [-0.2, 0) is 0 Å². The van der Waals surface area contributed by atoms with Crippen LogP contribution < -0.4 is 0 Å². The lowest BCUT2D eigenvalue weighted by atomic mass is 9.96. The Labute approximate surface area is 259 Å². The molecule has 6 aromatic carbocycles. The fourth-order valence-corrected chi connectivity index (χ4v) is 6.78. The SMILES string of the molecule is Fc1ccc2cc(-c3ccccc3)n3nc(-c4ccc5c(c4)c4ccccc4n5-c4ccccc4)c(-c4ccccc4)c3c2c1. The Morgan fingerprint density at radius 2 is 1.16 bits per heavy atom. The van der Waals surface area contributed by atoms with Gasteiger partial charge in [0, 0.05) is 38.5 Å². The molecule has 45 heavy (non-hydrogen) atoms. The van der Waals surface area contributed by atoms with Crippen molar-refractivity contribution < 1.29 is 4.39 Å². The summed E-state index contributed by atoms with van der Waals surface area (Å²) in [4.78, 5) is 0. The molecular formula is C41H26FN3. The first-order valence-corrected chi connectivity index (χ1v) is 15.1. The number of para-hydroxylation sites is 2. The maximum absolute atomic E-state index is 14.9. The first-order chi connectivity index (χ1) is 22.2. The van der Waals surface area contributed by atoms with Gasteiger partial charge in [-0.3, -0.25) is 0 Å². The first kappa shape index (κ1) is 25.5. The Hall–Kier alpha value is -6.00. The summed E-state index contributed by atoms with van der Waals surface area (Å²) in [6.45, 7) is 0. The van der Waals surface area contributed by atoms with Gasteiger partial charge in [-0.1, -0.05) is 109 Å². The molecule has 3 aromatic heterocycles. The molecule has 0 saturated heterocycles. The van der Waals surface area contributed by atoms with Crippen LogP contribution >= 0.6 is 0 Å². The van der Waals surface area contributed by atoms with Gasteiger partial charge in [-0.2, -0.15) is 5.10 Å². The minimum Gasteiger partial charge on any atom is -0.309 e. The van der Waals surface area contributed by atoms with Crippen molar-refractivity contribution in [3.8, 4) is 39.3 Å². The Kier molecular flexibility index (Phi) is 5.69. The van der Waals surface area contributed by atoms with E-state index < -0.39 is 0 Å². The molecule has 9 rings (SSSR count). The highest BCUT2D eigenvalue weighted by Gasteiger charge is 2.23. The second-order valence-corrected chi connectivity index (χ2v) is 11.4. The highest BCUT2D eigenvalue weighted by Crippen LogP contribution is 2.42. The predicted molar refractivity (Wildman–Crippen MR) is 183 cm³/mol. The molecule has 0 radical (unpaired) electrons. The lowest BCUT2D eigenvalue weighted by Crippen LogP contribution is -1.96. The molecule has 0 atom stereocenters. The fraction of sp³-hybridized carbons (Fsp3) is 0. The van der Waals surface area contributed by atoms with Crippen molar-refractivity contribution in [1.82, 2.24) is 14.2 Å². The topological polar surface area (TPSA) is 22.2 Å². The average Bonchev–Trinajstić information content (AvgIpc) is 3.66. The minimum atomic E-state index is -0.270. The quantitative estimate of drug-likeness (QED) is 0.203. The number of hydrogen-bond donors (Lipinski definition) is 0. The van der Waals surface area contributed by atoms with E-state index in [9.17, 15) is 4.39 Å². The molecule has 3 nitrogen and oxygen atoms in total. The fourth-order valence-electron chi connectivity index (χ4n) is 6.78. The summed E-state index contributed by atoms with van der Waals surface area (Å²) in [6.07, 6.45) is 0. The molecule has 0 bridgehead atoms. The molecule has 0 aliphatic rings. The molecule has 0 fully saturated rings. The van der Waals surface area contributed by atoms with Crippen LogP contribution in [0.4, 0.5) is 4.39 Å². The number of benzene rings is 6. The molecule has 0 amide bonds. The van der Waals surface area contributed by atoms with Crippen molar-refractivity contribution in [2.45, 2.75) is 0 Å². The first-order valence-electron chi connectivity index (χ1n) is 15.1. The van der Waals surface area contributed by atoms with Crippen LogP contribution in [0.3, 0.4) is 0 Å². The number of pyridine rings is 1. The molecule has 3 heterocycles. The third-order valence-electron chi connectivity index (χ3n) is 8.77. The smallest absolute Gasteiger partial charge is 0.123 e. The van der Waals surface area contributed by atoms with E-state index in [1.54, 1.807) is 6.07 Å². The van der Waals surface area contributed by atoms with Crippen molar-refractivity contribution in [3.63, 3.8) is 0 Å². The maximum atomic E-state index is 14.9. The summed E-state index contributed by atoms with van der Waals surface area (Å²) in [5, 5.41) is 9.48. The molecule has 9 aromatic rings. The van der Waals surface area contributed by atoms with E-state index in [0.717, 1.165) is 72.0 Å². The molecule has 0 aliphatic carbocycles. The average molecular weight is 580 g/mol. The molecule has 0 unspecified atom stereocenters. The number of aromatic nitrogens is 3. The highest BCUT2D eigenvalue weighted by molar-refractivity contribution is 6.12. The van der Waals surface area contributed by atoms with Crippen molar-refractivity contribution in [1.29, 1.82) is 0 Å². The van der Waals surface area contributed by atoms with Gasteiger partial charge in [0.05, 0.1) is 22.2 Å². The van der Waals surface area contributed by atoms with Gasteiger partial charge < -0.3 is 4.57 Å². The third kappa shape index (κ3) is 4.00. The molecule has 4 heteroatoms. The Bertz CT molecular complexity index is 2530. The van der Waals surface area contributed by atoms with Crippen LogP contribution in [0.2, 0.25) is 0 Å². The second-order valence-electron chi connectivity index (χ2n) is 11.4. The lowest BCUT2D eigenvalue weighted by Gasteiger charge is -2.11. The standard InChI is InChI=1S/C41H26FN3/c42-31-22-20-29-25-38(27-12-4-1-5-13-27)45-41(34(29)26-31)39(28-14-6-2-7-15-28)40(43-45)30-21-23-37-35(24-30)33-18-10-11-19-36(33)44(37)32-16-8-3-9-17-32/h1-26H. The van der Waals surface area contributed by atoms with Gasteiger partial charge in [0.2, 0.25) is 0 Å². The van der Waals surface area contributed by atoms with Gasteiger partial charge in [0.1, 0.15) is 11.5 Å². The summed E-state index contributed by atoms with van der Waals surface area (Å²) >= 11 is 0. The normalized spacial score (nSPS) is 11.7. The van der Waals surface area contributed by atoms with Crippen LogP contribution in [-0.4, -0.2) is 14.2 Å². The van der Waals surface area contributed by atoms with Crippen molar-refractivity contribution in [3.05, 3.63) is 164 Å². The Balaban J connectivity index is 1.41. The van der Waals surface area contributed by atoms with Gasteiger partial charge >= 0.3 is 0 Å². The van der Waals surface area contributed by atoms with Crippen LogP contribution in [0, 0.1) is 5.82 Å². The van der Waals surface area contributed by atoms with E-state index in [0.29, 0.717) is 0 Å². The minimum absolute atomic E-state index is 0.270. The third-order valence-corrected chi connectivity index (χ3v) is 8.77. The summed E-state index contributed by atoms with van der Waals surface area (Å²) in [5.74, 6) is -0.270. The molecule has 0 spiro atoms. The van der Waals surface area contributed by atoms with Crippen LogP contribution in [0.15, 0.2) is 158 Å². The van der Waals surface area contributed by atoms with Gasteiger partial charge in [-0.25, -0.2) is 8.91 Å². The Morgan fingerprint density at radius 1 is 0.489 bits per heavy atom. The number of fused-ring (bicyclic) bond motifs is 6. The molecule has 0 saturated carbocycles. The van der Waals surface area contributed by atoms with E-state index in [1.165, 1.54) is 11.5 Å². The zero-order chi connectivity index (χ0) is 29.9. The zero-order valence-corrected chi connectivity index (χ0v) is 24.2.